The van der Waals surface area contributed by atoms with E-state index in [0.717, 1.165) is 11.1 Å². The molecule has 1 aliphatic heterocycles. The molecule has 1 aromatic carbocycles. The highest BCUT2D eigenvalue weighted by Gasteiger charge is 2.37. The van der Waals surface area contributed by atoms with Gasteiger partial charge in [-0.25, -0.2) is 9.59 Å². The van der Waals surface area contributed by atoms with Gasteiger partial charge >= 0.3 is 11.9 Å². The molecule has 0 aliphatic carbocycles. The first-order chi connectivity index (χ1) is 11.9. The molecule has 6 nitrogen and oxygen atoms in total. The highest BCUT2D eigenvalue weighted by molar-refractivity contribution is 5.99. The molecule has 1 aromatic rings. The number of hydrogen-bond acceptors (Lipinski definition) is 5. The van der Waals surface area contributed by atoms with Crippen LogP contribution in [0.1, 0.15) is 30.9 Å². The summed E-state index contributed by atoms with van der Waals surface area (Å²) in [6, 6.07) is 7.49. The van der Waals surface area contributed by atoms with Crippen LogP contribution in [-0.2, 0) is 19.1 Å². The van der Waals surface area contributed by atoms with Gasteiger partial charge in [0.2, 0.25) is 0 Å². The average molecular weight is 345 g/mol. The minimum absolute atomic E-state index is 0.109. The van der Waals surface area contributed by atoms with Crippen molar-refractivity contribution >= 4 is 11.9 Å². The molecule has 0 amide bonds. The maximum absolute atomic E-state index is 12.6. The molecule has 1 aliphatic rings. The number of dihydropyridines is 1. The van der Waals surface area contributed by atoms with Crippen molar-refractivity contribution < 1.29 is 24.2 Å². The smallest absolute Gasteiger partial charge is 0.336 e. The number of carbonyl (C=O) groups excluding carboxylic acids is 1. The van der Waals surface area contributed by atoms with E-state index in [1.165, 1.54) is 7.11 Å². The van der Waals surface area contributed by atoms with E-state index in [1.54, 1.807) is 13.8 Å². The molecule has 25 heavy (non-hydrogen) atoms. The van der Waals surface area contributed by atoms with E-state index in [-0.39, 0.29) is 18.8 Å². The summed E-state index contributed by atoms with van der Waals surface area (Å²) >= 11 is 0. The number of carboxylic acid groups (broad SMARTS) is 1. The zero-order chi connectivity index (χ0) is 18.6. The summed E-state index contributed by atoms with van der Waals surface area (Å²) in [5, 5.41) is 12.7. The first kappa shape index (κ1) is 18.7. The zero-order valence-electron chi connectivity index (χ0n) is 14.9. The second kappa shape index (κ2) is 7.98. The molecule has 0 bridgehead atoms. The predicted molar refractivity (Wildman–Crippen MR) is 92.9 cm³/mol. The van der Waals surface area contributed by atoms with Gasteiger partial charge in [0.25, 0.3) is 0 Å². The lowest BCUT2D eigenvalue weighted by molar-refractivity contribution is -0.140. The van der Waals surface area contributed by atoms with Crippen LogP contribution in [0.4, 0.5) is 0 Å². The predicted octanol–water partition coefficient (Wildman–Crippen LogP) is 2.50. The molecule has 1 unspecified atom stereocenters. The van der Waals surface area contributed by atoms with Crippen LogP contribution in [0.25, 0.3) is 0 Å². The lowest BCUT2D eigenvalue weighted by Crippen LogP contribution is -2.32. The average Bonchev–Trinajstić information content (AvgIpc) is 2.54. The van der Waals surface area contributed by atoms with Gasteiger partial charge < -0.3 is 19.9 Å². The Labute approximate surface area is 147 Å². The molecule has 134 valence electrons. The molecule has 6 heteroatoms. The van der Waals surface area contributed by atoms with Gasteiger partial charge in [-0.3, -0.25) is 0 Å². The topological polar surface area (TPSA) is 84.9 Å². The Morgan fingerprint density at radius 3 is 2.20 bits per heavy atom. The maximum Gasteiger partial charge on any atom is 0.336 e. The summed E-state index contributed by atoms with van der Waals surface area (Å²) in [6.45, 7) is 5.78. The summed E-state index contributed by atoms with van der Waals surface area (Å²) in [6.07, 6.45) is 0. The minimum Gasteiger partial charge on any atom is -0.478 e. The molecule has 0 aromatic heterocycles. The van der Waals surface area contributed by atoms with Crippen molar-refractivity contribution in [2.24, 2.45) is 0 Å². The van der Waals surface area contributed by atoms with E-state index in [1.807, 2.05) is 31.2 Å². The lowest BCUT2D eigenvalue weighted by Gasteiger charge is -2.29. The molecule has 2 N–H and O–H groups in total. The van der Waals surface area contributed by atoms with Crippen molar-refractivity contribution in [1.82, 2.24) is 5.32 Å². The number of benzene rings is 1. The van der Waals surface area contributed by atoms with Gasteiger partial charge in [0.15, 0.2) is 0 Å². The van der Waals surface area contributed by atoms with Crippen LogP contribution in [0.5, 0.6) is 0 Å². The number of carboxylic acids is 1. The van der Waals surface area contributed by atoms with Crippen LogP contribution in [0.15, 0.2) is 46.8 Å². The Bertz CT molecular complexity index is 731. The van der Waals surface area contributed by atoms with Crippen LogP contribution in [0.2, 0.25) is 0 Å². The molecular weight excluding hydrogens is 322 g/mol. The lowest BCUT2D eigenvalue weighted by atomic mass is 9.80. The molecule has 0 radical (unpaired) electrons. The van der Waals surface area contributed by atoms with Crippen LogP contribution < -0.4 is 5.32 Å². The number of rotatable bonds is 6. The molecule has 1 atom stereocenters. The molecule has 0 saturated heterocycles. The second-order valence-electron chi connectivity index (χ2n) is 5.98. The van der Waals surface area contributed by atoms with E-state index < -0.39 is 17.9 Å². The van der Waals surface area contributed by atoms with Crippen molar-refractivity contribution in [3.05, 3.63) is 57.9 Å². The maximum atomic E-state index is 12.6. The quantitative estimate of drug-likeness (QED) is 0.609. The van der Waals surface area contributed by atoms with Gasteiger partial charge in [0.05, 0.1) is 23.7 Å². The number of methoxy groups -OCH3 is 1. The molecule has 0 spiro atoms. The molecule has 2 rings (SSSR count). The van der Waals surface area contributed by atoms with Crippen LogP contribution in [-0.4, -0.2) is 37.4 Å². The van der Waals surface area contributed by atoms with Gasteiger partial charge in [-0.1, -0.05) is 29.8 Å². The first-order valence-electron chi connectivity index (χ1n) is 8.01. The number of esters is 1. The second-order valence-corrected chi connectivity index (χ2v) is 5.98. The van der Waals surface area contributed by atoms with E-state index in [2.05, 4.69) is 5.32 Å². The van der Waals surface area contributed by atoms with Crippen molar-refractivity contribution in [1.29, 1.82) is 0 Å². The van der Waals surface area contributed by atoms with Crippen LogP contribution in [0.3, 0.4) is 0 Å². The Hall–Kier alpha value is -2.60. The zero-order valence-corrected chi connectivity index (χ0v) is 14.9. The number of nitrogens with one attached hydrogen (secondary N) is 1. The summed E-state index contributed by atoms with van der Waals surface area (Å²) in [4.78, 5) is 24.5. The largest absolute Gasteiger partial charge is 0.478 e. The van der Waals surface area contributed by atoms with Gasteiger partial charge in [0.1, 0.15) is 6.61 Å². The molecular formula is C19H23NO5. The summed E-state index contributed by atoms with van der Waals surface area (Å²) in [7, 11) is 1.52. The monoisotopic (exact) mass is 345 g/mol. The normalized spacial score (nSPS) is 17.4. The Kier molecular flexibility index (Phi) is 5.98. The third-order valence-electron chi connectivity index (χ3n) is 4.14. The number of aliphatic carboxylic acids is 1. The first-order valence-corrected chi connectivity index (χ1v) is 8.01. The fraction of sp³-hybridized carbons (Fsp3) is 0.368. The number of hydrogen-bond donors (Lipinski definition) is 2. The van der Waals surface area contributed by atoms with E-state index >= 15 is 0 Å². The third-order valence-corrected chi connectivity index (χ3v) is 4.14. The van der Waals surface area contributed by atoms with Gasteiger partial charge in [-0.2, -0.15) is 0 Å². The number of ether oxygens (including phenoxy) is 2. The summed E-state index contributed by atoms with van der Waals surface area (Å²) in [5.74, 6) is -2.29. The third kappa shape index (κ3) is 4.09. The van der Waals surface area contributed by atoms with Crippen LogP contribution >= 0.6 is 0 Å². The van der Waals surface area contributed by atoms with Crippen molar-refractivity contribution in [3.63, 3.8) is 0 Å². The van der Waals surface area contributed by atoms with Gasteiger partial charge in [-0.15, -0.1) is 0 Å². The van der Waals surface area contributed by atoms with Gasteiger partial charge in [0, 0.05) is 18.5 Å². The van der Waals surface area contributed by atoms with Gasteiger partial charge in [-0.05, 0) is 26.3 Å². The Morgan fingerprint density at radius 2 is 1.64 bits per heavy atom. The minimum atomic E-state index is -1.06. The Morgan fingerprint density at radius 1 is 1.04 bits per heavy atom. The SMILES string of the molecule is COCCOC(=O)C1=C(C)NC(C)=C(C(=O)O)C1c1ccc(C)cc1. The number of aryl methyl sites for hydroxylation is 1. The highest BCUT2D eigenvalue weighted by Crippen LogP contribution is 2.38. The highest BCUT2D eigenvalue weighted by atomic mass is 16.6. The van der Waals surface area contributed by atoms with E-state index in [4.69, 9.17) is 9.47 Å². The van der Waals surface area contributed by atoms with Crippen LogP contribution in [0, 0.1) is 6.92 Å². The summed E-state index contributed by atoms with van der Waals surface area (Å²) < 4.78 is 10.1. The number of allylic oxidation sites excluding steroid dienone is 2. The van der Waals surface area contributed by atoms with E-state index in [9.17, 15) is 14.7 Å². The van der Waals surface area contributed by atoms with Crippen molar-refractivity contribution in [2.45, 2.75) is 26.7 Å². The van der Waals surface area contributed by atoms with Crippen molar-refractivity contribution in [3.8, 4) is 0 Å². The summed E-state index contributed by atoms with van der Waals surface area (Å²) in [5.41, 5.74) is 3.36. The standard InChI is InChI=1S/C19H23NO5/c1-11-5-7-14(8-6-11)17-15(18(21)22)12(2)20-13(3)16(17)19(23)25-10-9-24-4/h5-8,17,20H,9-10H2,1-4H3,(H,21,22). The molecule has 0 saturated carbocycles. The molecule has 1 heterocycles. The molecule has 0 fully saturated rings. The number of carbonyl (C=O) groups is 2. The Balaban J connectivity index is 2.50. The fourth-order valence-electron chi connectivity index (χ4n) is 2.94. The fourth-order valence-corrected chi connectivity index (χ4v) is 2.94. The van der Waals surface area contributed by atoms with E-state index in [0.29, 0.717) is 17.0 Å². The van der Waals surface area contributed by atoms with Crippen molar-refractivity contribution in [2.75, 3.05) is 20.3 Å².